The van der Waals surface area contributed by atoms with Crippen molar-refractivity contribution in [2.24, 2.45) is 0 Å². The third kappa shape index (κ3) is 3.83. The van der Waals surface area contributed by atoms with Crippen LogP contribution in [0.15, 0.2) is 36.5 Å². The first-order valence-electron chi connectivity index (χ1n) is 8.52. The zero-order valence-corrected chi connectivity index (χ0v) is 14.4. The van der Waals surface area contributed by atoms with E-state index in [2.05, 4.69) is 27.3 Å². The topological polar surface area (TPSA) is 74.4 Å². The molecule has 1 aromatic carbocycles. The van der Waals surface area contributed by atoms with Crippen LogP contribution in [0.5, 0.6) is 0 Å². The predicted molar refractivity (Wildman–Crippen MR) is 91.2 cm³/mol. The van der Waals surface area contributed by atoms with E-state index in [-0.39, 0.29) is 0 Å². The Kier molecular flexibility index (Phi) is 4.71. The Bertz CT molecular complexity index is 671. The van der Waals surface area contributed by atoms with Gasteiger partial charge in [-0.2, -0.15) is 0 Å². The Labute approximate surface area is 142 Å². The van der Waals surface area contributed by atoms with Crippen molar-refractivity contribution in [1.29, 1.82) is 0 Å². The Morgan fingerprint density at radius 3 is 2.75 bits per heavy atom. The van der Waals surface area contributed by atoms with Gasteiger partial charge in [-0.3, -0.25) is 4.90 Å². The molecule has 24 heavy (non-hydrogen) atoms. The van der Waals surface area contributed by atoms with Gasteiger partial charge in [0.2, 0.25) is 0 Å². The molecule has 1 fully saturated rings. The second kappa shape index (κ2) is 6.63. The number of aliphatic hydroxyl groups is 2. The fourth-order valence-electron chi connectivity index (χ4n) is 3.15. The fraction of sp³-hybridized carbons (Fsp3) is 0.556. The standard InChI is InChI=1S/C18H26N4O2/c1-3-17(2,23)16-12-22(20-19-16)14-18(24)9-10-21(13-18)11-15-7-5-4-6-8-15/h4-8,12,23-24H,3,9-11,13-14H2,1-2H3. The number of nitrogens with zero attached hydrogens (tertiary/aromatic N) is 4. The molecule has 130 valence electrons. The molecule has 2 heterocycles. The third-order valence-electron chi connectivity index (χ3n) is 4.90. The van der Waals surface area contributed by atoms with Gasteiger partial charge in [0.25, 0.3) is 0 Å². The van der Waals surface area contributed by atoms with E-state index in [4.69, 9.17) is 0 Å². The molecule has 0 saturated carbocycles. The lowest BCUT2D eigenvalue weighted by Crippen LogP contribution is -2.37. The van der Waals surface area contributed by atoms with Crippen LogP contribution in [0.2, 0.25) is 0 Å². The minimum Gasteiger partial charge on any atom is -0.387 e. The van der Waals surface area contributed by atoms with Crippen LogP contribution in [-0.4, -0.2) is 48.8 Å². The summed E-state index contributed by atoms with van der Waals surface area (Å²) in [4.78, 5) is 2.26. The average Bonchev–Trinajstić information content (AvgIpc) is 3.16. The van der Waals surface area contributed by atoms with E-state index in [1.807, 2.05) is 25.1 Å². The Hall–Kier alpha value is -1.76. The van der Waals surface area contributed by atoms with Crippen molar-refractivity contribution in [2.45, 2.75) is 51.0 Å². The minimum absolute atomic E-state index is 0.394. The van der Waals surface area contributed by atoms with Gasteiger partial charge in [-0.25, -0.2) is 4.68 Å². The Morgan fingerprint density at radius 2 is 2.04 bits per heavy atom. The molecule has 0 aliphatic carbocycles. The fourth-order valence-corrected chi connectivity index (χ4v) is 3.15. The SMILES string of the molecule is CCC(C)(O)c1cn(CC2(O)CCN(Cc3ccccc3)C2)nn1. The molecule has 6 heteroatoms. The summed E-state index contributed by atoms with van der Waals surface area (Å²) in [5.41, 5.74) is 0.0183. The van der Waals surface area contributed by atoms with Crippen LogP contribution in [-0.2, 0) is 18.7 Å². The zero-order chi connectivity index (χ0) is 17.2. The molecule has 6 nitrogen and oxygen atoms in total. The molecule has 2 aromatic rings. The van der Waals surface area contributed by atoms with Crippen molar-refractivity contribution in [2.75, 3.05) is 13.1 Å². The zero-order valence-electron chi connectivity index (χ0n) is 14.4. The second-order valence-electron chi connectivity index (χ2n) is 7.10. The van der Waals surface area contributed by atoms with Gasteiger partial charge in [-0.15, -0.1) is 5.10 Å². The van der Waals surface area contributed by atoms with E-state index in [1.165, 1.54) is 5.56 Å². The van der Waals surface area contributed by atoms with Crippen LogP contribution in [0.25, 0.3) is 0 Å². The molecule has 2 unspecified atom stereocenters. The number of hydrogen-bond acceptors (Lipinski definition) is 5. The first-order valence-corrected chi connectivity index (χ1v) is 8.52. The lowest BCUT2D eigenvalue weighted by Gasteiger charge is -2.23. The third-order valence-corrected chi connectivity index (χ3v) is 4.90. The molecular weight excluding hydrogens is 304 g/mol. The number of benzene rings is 1. The molecule has 1 aliphatic heterocycles. The summed E-state index contributed by atoms with van der Waals surface area (Å²) in [6.07, 6.45) is 3.02. The van der Waals surface area contributed by atoms with Crippen LogP contribution >= 0.6 is 0 Å². The van der Waals surface area contributed by atoms with Gasteiger partial charge in [0.15, 0.2) is 0 Å². The van der Waals surface area contributed by atoms with E-state index in [9.17, 15) is 10.2 Å². The number of likely N-dealkylation sites (tertiary alicyclic amines) is 1. The van der Waals surface area contributed by atoms with Crippen molar-refractivity contribution in [3.05, 3.63) is 47.8 Å². The Morgan fingerprint density at radius 1 is 1.29 bits per heavy atom. The normalized spacial score (nSPS) is 24.2. The summed E-state index contributed by atoms with van der Waals surface area (Å²) < 4.78 is 1.64. The van der Waals surface area contributed by atoms with E-state index in [0.29, 0.717) is 31.6 Å². The van der Waals surface area contributed by atoms with Gasteiger partial charge >= 0.3 is 0 Å². The molecule has 2 N–H and O–H groups in total. The summed E-state index contributed by atoms with van der Waals surface area (Å²) in [5.74, 6) is 0. The molecule has 0 spiro atoms. The molecule has 0 radical (unpaired) electrons. The lowest BCUT2D eigenvalue weighted by molar-refractivity contribution is 0.0271. The van der Waals surface area contributed by atoms with Crippen LogP contribution in [0.4, 0.5) is 0 Å². The molecule has 2 atom stereocenters. The highest BCUT2D eigenvalue weighted by Crippen LogP contribution is 2.26. The maximum Gasteiger partial charge on any atom is 0.114 e. The van der Waals surface area contributed by atoms with Crippen LogP contribution in [0, 0.1) is 0 Å². The molecule has 1 saturated heterocycles. The number of β-amino-alcohol motifs (C(OH)–C–C–N with tert-alkyl or cyclic N) is 1. The van der Waals surface area contributed by atoms with E-state index >= 15 is 0 Å². The van der Waals surface area contributed by atoms with Crippen molar-refractivity contribution in [3.63, 3.8) is 0 Å². The number of hydrogen-bond donors (Lipinski definition) is 2. The van der Waals surface area contributed by atoms with E-state index in [1.54, 1.807) is 17.8 Å². The van der Waals surface area contributed by atoms with Crippen LogP contribution in [0.3, 0.4) is 0 Å². The van der Waals surface area contributed by atoms with Gasteiger partial charge < -0.3 is 10.2 Å². The summed E-state index contributed by atoms with van der Waals surface area (Å²) in [5, 5.41) is 29.3. The molecule has 3 rings (SSSR count). The quantitative estimate of drug-likeness (QED) is 0.840. The molecule has 0 bridgehead atoms. The summed E-state index contributed by atoms with van der Waals surface area (Å²) in [6, 6.07) is 10.3. The number of aromatic nitrogens is 3. The first kappa shape index (κ1) is 17.1. The van der Waals surface area contributed by atoms with Gasteiger partial charge in [0.05, 0.1) is 18.3 Å². The van der Waals surface area contributed by atoms with Crippen molar-refractivity contribution >= 4 is 0 Å². The Balaban J connectivity index is 1.61. The van der Waals surface area contributed by atoms with Crippen molar-refractivity contribution in [3.8, 4) is 0 Å². The van der Waals surface area contributed by atoms with Crippen molar-refractivity contribution < 1.29 is 10.2 Å². The average molecular weight is 330 g/mol. The molecular formula is C18H26N4O2. The molecule has 0 amide bonds. The number of rotatable bonds is 6. The maximum atomic E-state index is 10.9. The predicted octanol–water partition coefficient (Wildman–Crippen LogP) is 1.53. The van der Waals surface area contributed by atoms with Gasteiger partial charge in [-0.1, -0.05) is 42.5 Å². The van der Waals surface area contributed by atoms with E-state index < -0.39 is 11.2 Å². The largest absolute Gasteiger partial charge is 0.387 e. The minimum atomic E-state index is -0.976. The van der Waals surface area contributed by atoms with Gasteiger partial charge in [-0.05, 0) is 25.3 Å². The highest BCUT2D eigenvalue weighted by Gasteiger charge is 2.37. The van der Waals surface area contributed by atoms with Crippen LogP contribution < -0.4 is 0 Å². The summed E-state index contributed by atoms with van der Waals surface area (Å²) in [6.45, 7) is 6.35. The summed E-state index contributed by atoms with van der Waals surface area (Å²) >= 11 is 0. The second-order valence-corrected chi connectivity index (χ2v) is 7.10. The molecule has 1 aromatic heterocycles. The van der Waals surface area contributed by atoms with Gasteiger partial charge in [0, 0.05) is 19.6 Å². The van der Waals surface area contributed by atoms with E-state index in [0.717, 1.165) is 13.1 Å². The van der Waals surface area contributed by atoms with Gasteiger partial charge in [0.1, 0.15) is 11.3 Å². The first-order chi connectivity index (χ1) is 11.4. The highest BCUT2D eigenvalue weighted by molar-refractivity contribution is 5.15. The van der Waals surface area contributed by atoms with Crippen molar-refractivity contribution in [1.82, 2.24) is 19.9 Å². The highest BCUT2D eigenvalue weighted by atomic mass is 16.3. The maximum absolute atomic E-state index is 10.9. The summed E-state index contributed by atoms with van der Waals surface area (Å²) in [7, 11) is 0. The monoisotopic (exact) mass is 330 g/mol. The van der Waals surface area contributed by atoms with Crippen LogP contribution in [0.1, 0.15) is 37.9 Å². The lowest BCUT2D eigenvalue weighted by atomic mass is 10.0. The smallest absolute Gasteiger partial charge is 0.114 e. The molecule has 1 aliphatic rings.